The van der Waals surface area contributed by atoms with Gasteiger partial charge in [-0.15, -0.1) is 0 Å². The second-order valence-corrected chi connectivity index (χ2v) is 2.70. The lowest BCUT2D eigenvalue weighted by atomic mass is 10.1. The minimum absolute atomic E-state index is 0.328. The second kappa shape index (κ2) is 2.02. The average Bonchev–Trinajstić information content (AvgIpc) is 2.34. The zero-order valence-corrected chi connectivity index (χ0v) is 6.26. The highest BCUT2D eigenvalue weighted by molar-refractivity contribution is 5.83. The number of nitrogens with one attached hydrogen (secondary N) is 1. The predicted molar refractivity (Wildman–Crippen MR) is 44.7 cm³/mol. The van der Waals surface area contributed by atoms with E-state index in [0.29, 0.717) is 5.75 Å². The number of aromatic amines is 1. The van der Waals surface area contributed by atoms with Crippen molar-refractivity contribution in [2.24, 2.45) is 0 Å². The van der Waals surface area contributed by atoms with Gasteiger partial charge in [0.15, 0.2) is 0 Å². The van der Waals surface area contributed by atoms with Gasteiger partial charge < -0.3 is 10.1 Å². The van der Waals surface area contributed by atoms with Crippen LogP contribution in [0, 0.1) is 6.92 Å². The Morgan fingerprint density at radius 2 is 2.18 bits per heavy atom. The smallest absolute Gasteiger partial charge is 0.116 e. The zero-order valence-electron chi connectivity index (χ0n) is 6.26. The van der Waals surface area contributed by atoms with Crippen LogP contribution >= 0.6 is 0 Å². The van der Waals surface area contributed by atoms with E-state index >= 15 is 0 Å². The number of fused-ring (bicyclic) bond motifs is 1. The van der Waals surface area contributed by atoms with Crippen molar-refractivity contribution in [3.8, 4) is 5.75 Å². The maximum absolute atomic E-state index is 9.22. The van der Waals surface area contributed by atoms with Crippen molar-refractivity contribution in [2.75, 3.05) is 0 Å². The average molecular weight is 147 g/mol. The van der Waals surface area contributed by atoms with E-state index in [4.69, 9.17) is 0 Å². The van der Waals surface area contributed by atoms with E-state index in [1.165, 1.54) is 0 Å². The van der Waals surface area contributed by atoms with Gasteiger partial charge in [-0.3, -0.25) is 0 Å². The number of phenols is 1. The highest BCUT2D eigenvalue weighted by Crippen LogP contribution is 2.22. The number of H-pyrrole nitrogens is 1. The van der Waals surface area contributed by atoms with Crippen molar-refractivity contribution in [3.63, 3.8) is 0 Å². The molecule has 1 aromatic carbocycles. The zero-order chi connectivity index (χ0) is 7.84. The van der Waals surface area contributed by atoms with Crippen LogP contribution in [0.25, 0.3) is 10.9 Å². The molecule has 1 aromatic heterocycles. The summed E-state index contributed by atoms with van der Waals surface area (Å²) in [7, 11) is 0. The Morgan fingerprint density at radius 1 is 1.36 bits per heavy atom. The minimum atomic E-state index is 0.328. The van der Waals surface area contributed by atoms with Gasteiger partial charge in [0.05, 0.1) is 0 Å². The summed E-state index contributed by atoms with van der Waals surface area (Å²) in [6.45, 7) is 1.97. The van der Waals surface area contributed by atoms with E-state index in [9.17, 15) is 5.11 Å². The molecule has 0 bridgehead atoms. The Hall–Kier alpha value is -1.44. The van der Waals surface area contributed by atoms with Crippen LogP contribution in [0.4, 0.5) is 0 Å². The van der Waals surface area contributed by atoms with Crippen LogP contribution in [-0.4, -0.2) is 10.1 Å². The van der Waals surface area contributed by atoms with Crippen molar-refractivity contribution in [1.29, 1.82) is 0 Å². The van der Waals surface area contributed by atoms with E-state index in [-0.39, 0.29) is 0 Å². The first-order valence-electron chi connectivity index (χ1n) is 3.54. The minimum Gasteiger partial charge on any atom is -0.508 e. The van der Waals surface area contributed by atoms with E-state index in [0.717, 1.165) is 16.5 Å². The molecular formula is C9H9NO. The van der Waals surface area contributed by atoms with Crippen LogP contribution < -0.4 is 0 Å². The van der Waals surface area contributed by atoms with Gasteiger partial charge in [0.25, 0.3) is 0 Å². The third-order valence-electron chi connectivity index (χ3n) is 1.84. The van der Waals surface area contributed by atoms with Gasteiger partial charge in [0, 0.05) is 17.1 Å². The molecule has 11 heavy (non-hydrogen) atoms. The standard InChI is InChI=1S/C9H9NO/c1-6-4-8(11)5-7-2-3-10-9(6)7/h2-5,10-11H,1H3. The molecule has 2 aromatic rings. The van der Waals surface area contributed by atoms with Crippen LogP contribution in [0.5, 0.6) is 5.75 Å². The van der Waals surface area contributed by atoms with Crippen molar-refractivity contribution in [2.45, 2.75) is 6.92 Å². The number of aromatic hydroxyl groups is 1. The molecule has 2 N–H and O–H groups in total. The summed E-state index contributed by atoms with van der Waals surface area (Å²) in [5.41, 5.74) is 2.17. The van der Waals surface area contributed by atoms with Gasteiger partial charge in [-0.2, -0.15) is 0 Å². The molecule has 0 fully saturated rings. The lowest BCUT2D eigenvalue weighted by Crippen LogP contribution is -1.75. The molecule has 0 saturated heterocycles. The number of aryl methyl sites for hydroxylation is 1. The van der Waals surface area contributed by atoms with E-state index in [1.807, 2.05) is 19.2 Å². The summed E-state index contributed by atoms with van der Waals surface area (Å²) in [5, 5.41) is 10.3. The Bertz CT molecular complexity index is 389. The van der Waals surface area contributed by atoms with E-state index < -0.39 is 0 Å². The molecule has 2 heteroatoms. The Labute approximate surface area is 64.5 Å². The monoisotopic (exact) mass is 147 g/mol. The van der Waals surface area contributed by atoms with Crippen LogP contribution in [0.15, 0.2) is 24.4 Å². The van der Waals surface area contributed by atoms with Crippen molar-refractivity contribution < 1.29 is 5.11 Å². The van der Waals surface area contributed by atoms with Gasteiger partial charge in [-0.1, -0.05) is 0 Å². The van der Waals surface area contributed by atoms with Gasteiger partial charge in [-0.05, 0) is 30.7 Å². The number of hydrogen-bond donors (Lipinski definition) is 2. The molecule has 0 atom stereocenters. The third kappa shape index (κ3) is 0.871. The Kier molecular flexibility index (Phi) is 1.15. The number of rotatable bonds is 0. The third-order valence-corrected chi connectivity index (χ3v) is 1.84. The molecule has 0 radical (unpaired) electrons. The molecule has 56 valence electrons. The summed E-state index contributed by atoms with van der Waals surface area (Å²) >= 11 is 0. The van der Waals surface area contributed by atoms with Gasteiger partial charge >= 0.3 is 0 Å². The molecule has 0 spiro atoms. The molecule has 0 saturated carbocycles. The van der Waals surface area contributed by atoms with Gasteiger partial charge in [0.1, 0.15) is 5.75 Å². The number of phenolic OH excluding ortho intramolecular Hbond substituents is 1. The topological polar surface area (TPSA) is 36.0 Å². The number of hydrogen-bond acceptors (Lipinski definition) is 1. The maximum Gasteiger partial charge on any atom is 0.116 e. The molecule has 1 heterocycles. The second-order valence-electron chi connectivity index (χ2n) is 2.70. The summed E-state index contributed by atoms with van der Waals surface area (Å²) in [6, 6.07) is 5.44. The van der Waals surface area contributed by atoms with E-state index in [1.54, 1.807) is 12.1 Å². The van der Waals surface area contributed by atoms with Crippen molar-refractivity contribution in [1.82, 2.24) is 4.98 Å². The summed E-state index contributed by atoms with van der Waals surface area (Å²) in [6.07, 6.45) is 1.87. The summed E-state index contributed by atoms with van der Waals surface area (Å²) in [5.74, 6) is 0.328. The number of aromatic nitrogens is 1. The first-order chi connectivity index (χ1) is 5.27. The largest absolute Gasteiger partial charge is 0.508 e. The molecule has 0 aliphatic carbocycles. The first-order valence-corrected chi connectivity index (χ1v) is 3.54. The van der Waals surface area contributed by atoms with E-state index in [2.05, 4.69) is 4.98 Å². The lowest BCUT2D eigenvalue weighted by Gasteiger charge is -1.96. The fourth-order valence-corrected chi connectivity index (χ4v) is 1.34. The molecule has 0 aliphatic heterocycles. The molecule has 0 aliphatic rings. The predicted octanol–water partition coefficient (Wildman–Crippen LogP) is 2.18. The Balaban J connectivity index is 2.91. The SMILES string of the molecule is Cc1cc(O)cc2cc[nH]c12. The Morgan fingerprint density at radius 3 is 3.00 bits per heavy atom. The highest BCUT2D eigenvalue weighted by Gasteiger charge is 1.98. The fraction of sp³-hybridized carbons (Fsp3) is 0.111. The highest BCUT2D eigenvalue weighted by atomic mass is 16.3. The van der Waals surface area contributed by atoms with Crippen molar-refractivity contribution in [3.05, 3.63) is 30.0 Å². The molecule has 2 nitrogen and oxygen atoms in total. The van der Waals surface area contributed by atoms with Crippen LogP contribution in [0.1, 0.15) is 5.56 Å². The van der Waals surface area contributed by atoms with Crippen LogP contribution in [-0.2, 0) is 0 Å². The lowest BCUT2D eigenvalue weighted by molar-refractivity contribution is 0.476. The number of benzene rings is 1. The summed E-state index contributed by atoms with van der Waals surface area (Å²) < 4.78 is 0. The van der Waals surface area contributed by atoms with Gasteiger partial charge in [-0.25, -0.2) is 0 Å². The molecular weight excluding hydrogens is 138 g/mol. The first kappa shape index (κ1) is 6.28. The maximum atomic E-state index is 9.22. The van der Waals surface area contributed by atoms with Crippen LogP contribution in [0.3, 0.4) is 0 Å². The van der Waals surface area contributed by atoms with Gasteiger partial charge in [0.2, 0.25) is 0 Å². The molecule has 0 unspecified atom stereocenters. The quantitative estimate of drug-likeness (QED) is 0.588. The molecule has 2 rings (SSSR count). The van der Waals surface area contributed by atoms with Crippen LogP contribution in [0.2, 0.25) is 0 Å². The normalized spacial score (nSPS) is 10.6. The summed E-state index contributed by atoms with van der Waals surface area (Å²) in [4.78, 5) is 3.10. The molecule has 0 amide bonds. The van der Waals surface area contributed by atoms with Crippen molar-refractivity contribution >= 4 is 10.9 Å². The fourth-order valence-electron chi connectivity index (χ4n) is 1.34.